The first-order valence-corrected chi connectivity index (χ1v) is 5.07. The van der Waals surface area contributed by atoms with Gasteiger partial charge >= 0.3 is 22.9 Å². The second kappa shape index (κ2) is 4.13. The predicted molar refractivity (Wildman–Crippen MR) is 35.5 cm³/mol. The van der Waals surface area contributed by atoms with Crippen molar-refractivity contribution in [2.45, 2.75) is 29.3 Å². The van der Waals surface area contributed by atoms with E-state index in [-0.39, 0.29) is 0 Å². The van der Waals surface area contributed by atoms with Crippen molar-refractivity contribution in [3.8, 4) is 0 Å². The minimum absolute atomic E-state index is 3.64. The molecule has 2 nitrogen and oxygen atoms in total. The van der Waals surface area contributed by atoms with Gasteiger partial charge in [0.25, 0.3) is 9.84 Å². The van der Waals surface area contributed by atoms with Crippen LogP contribution in [0.1, 0.15) is 6.42 Å². The van der Waals surface area contributed by atoms with Gasteiger partial charge in [0, 0.05) is 0 Å². The van der Waals surface area contributed by atoms with Crippen LogP contribution in [0.25, 0.3) is 0 Å². The Balaban J connectivity index is 5.67. The average Bonchev–Trinajstić information content (AvgIpc) is 1.95. The largest absolute Gasteiger partial charge is 0.469 e. The summed E-state index contributed by atoms with van der Waals surface area (Å²) in [4.78, 5) is 0. The molecule has 0 fully saturated rings. The number of hydrogen-bond donors (Lipinski definition) is 0. The van der Waals surface area contributed by atoms with Gasteiger partial charge < -0.3 is 0 Å². The van der Waals surface area contributed by atoms with E-state index in [1.54, 1.807) is 0 Å². The Morgan fingerprint density at radius 2 is 1.06 bits per heavy atom. The monoisotopic (exact) mass is 316 g/mol. The number of rotatable bonds is 3. The molecule has 0 unspecified atom stereocenters. The van der Waals surface area contributed by atoms with Gasteiger partial charge in [0.05, 0.1) is 0 Å². The van der Waals surface area contributed by atoms with E-state index < -0.39 is 39.1 Å². The summed E-state index contributed by atoms with van der Waals surface area (Å²) < 4.78 is 139. The van der Waals surface area contributed by atoms with E-state index in [1.807, 2.05) is 0 Å². The molecule has 0 radical (unpaired) electrons. The van der Waals surface area contributed by atoms with Gasteiger partial charge in [0.1, 0.15) is 6.42 Å². The fourth-order valence-corrected chi connectivity index (χ4v) is 1.70. The Labute approximate surface area is 92.5 Å². The van der Waals surface area contributed by atoms with Crippen LogP contribution in [0.3, 0.4) is 0 Å². The smallest absolute Gasteiger partial charge is 0.216 e. The first-order valence-electron chi connectivity index (χ1n) is 3.59. The SMILES string of the molecule is O=S(=O)(C(F)(F)CC(F)(F)F)C(F)(F)C(F)(F)F. The lowest BCUT2D eigenvalue weighted by Gasteiger charge is -2.25. The van der Waals surface area contributed by atoms with Crippen molar-refractivity contribution in [3.05, 3.63) is 0 Å². The minimum atomic E-state index is -7.74. The Hall–Kier alpha value is -0.750. The molecule has 0 rings (SSSR count). The van der Waals surface area contributed by atoms with Crippen LogP contribution in [0.15, 0.2) is 0 Å². The summed E-state index contributed by atoms with van der Waals surface area (Å²) in [5, 5.41) is -13.3. The summed E-state index contributed by atoms with van der Waals surface area (Å²) in [7, 11) is -7.74. The Bertz CT molecular complexity index is 401. The van der Waals surface area contributed by atoms with E-state index in [2.05, 4.69) is 0 Å². The topological polar surface area (TPSA) is 34.1 Å². The fourth-order valence-electron chi connectivity index (χ4n) is 0.668. The van der Waals surface area contributed by atoms with E-state index >= 15 is 0 Å². The zero-order valence-corrected chi connectivity index (χ0v) is 8.53. The Kier molecular flexibility index (Phi) is 3.96. The molecule has 0 heterocycles. The van der Waals surface area contributed by atoms with Gasteiger partial charge in [-0.1, -0.05) is 0 Å². The molecule has 0 aromatic carbocycles. The summed E-state index contributed by atoms with van der Waals surface area (Å²) in [6, 6.07) is 0. The molecule has 0 spiro atoms. The molecule has 0 amide bonds. The zero-order valence-electron chi connectivity index (χ0n) is 7.71. The molecule has 18 heavy (non-hydrogen) atoms. The van der Waals surface area contributed by atoms with Crippen LogP contribution in [-0.2, 0) is 9.84 Å². The highest BCUT2D eigenvalue weighted by Crippen LogP contribution is 2.48. The lowest BCUT2D eigenvalue weighted by atomic mass is 10.4. The van der Waals surface area contributed by atoms with Crippen molar-refractivity contribution in [2.75, 3.05) is 0 Å². The summed E-state index contributed by atoms with van der Waals surface area (Å²) in [5.41, 5.74) is 0. The maximum absolute atomic E-state index is 12.4. The number of alkyl halides is 10. The fraction of sp³-hybridized carbons (Fsp3) is 1.00. The molecule has 110 valence electrons. The van der Waals surface area contributed by atoms with Crippen molar-refractivity contribution in [1.82, 2.24) is 0 Å². The molecule has 0 aliphatic carbocycles. The molecule has 0 aromatic rings. The van der Waals surface area contributed by atoms with Gasteiger partial charge in [-0.05, 0) is 0 Å². The van der Waals surface area contributed by atoms with E-state index in [4.69, 9.17) is 0 Å². The highest BCUT2D eigenvalue weighted by molar-refractivity contribution is 7.93. The normalized spacial score (nSPS) is 15.9. The lowest BCUT2D eigenvalue weighted by molar-refractivity contribution is -0.245. The van der Waals surface area contributed by atoms with Crippen LogP contribution in [0, 0.1) is 0 Å². The van der Waals surface area contributed by atoms with Crippen molar-refractivity contribution in [1.29, 1.82) is 0 Å². The van der Waals surface area contributed by atoms with Gasteiger partial charge in [-0.25, -0.2) is 8.42 Å². The zero-order chi connectivity index (χ0) is 15.2. The number of halogens is 10. The summed E-state index contributed by atoms with van der Waals surface area (Å²) >= 11 is 0. The van der Waals surface area contributed by atoms with E-state index in [9.17, 15) is 52.3 Å². The van der Waals surface area contributed by atoms with Crippen LogP contribution in [0.5, 0.6) is 0 Å². The molecule has 13 heteroatoms. The third-order valence-electron chi connectivity index (χ3n) is 1.47. The molecule has 0 aromatic heterocycles. The highest BCUT2D eigenvalue weighted by Gasteiger charge is 2.75. The van der Waals surface area contributed by atoms with Gasteiger partial charge in [0.2, 0.25) is 0 Å². The standard InChI is InChI=1S/C5H2F10O2S/c6-2(7,8)1-3(9,10)18(16,17)5(14,15)4(11,12)13/h1H2. The first kappa shape index (κ1) is 17.2. The molecular formula is C5H2F10O2S. The quantitative estimate of drug-likeness (QED) is 0.750. The molecule has 0 aliphatic rings. The molecule has 0 saturated carbocycles. The average molecular weight is 316 g/mol. The molecule has 0 saturated heterocycles. The minimum Gasteiger partial charge on any atom is -0.216 e. The van der Waals surface area contributed by atoms with Crippen LogP contribution < -0.4 is 0 Å². The van der Waals surface area contributed by atoms with Crippen LogP contribution in [0.4, 0.5) is 43.9 Å². The lowest BCUT2D eigenvalue weighted by Crippen LogP contribution is -2.52. The third kappa shape index (κ3) is 2.98. The van der Waals surface area contributed by atoms with Gasteiger partial charge in [-0.15, -0.1) is 0 Å². The maximum atomic E-state index is 12.4. The summed E-state index contributed by atoms with van der Waals surface area (Å²) in [6.07, 6.45) is -16.5. The molecule has 0 bridgehead atoms. The van der Waals surface area contributed by atoms with Crippen molar-refractivity contribution in [3.63, 3.8) is 0 Å². The van der Waals surface area contributed by atoms with Crippen molar-refractivity contribution in [2.24, 2.45) is 0 Å². The van der Waals surface area contributed by atoms with Gasteiger partial charge in [-0.3, -0.25) is 0 Å². The van der Waals surface area contributed by atoms with Crippen molar-refractivity contribution < 1.29 is 52.3 Å². The van der Waals surface area contributed by atoms with E-state index in [0.717, 1.165) is 0 Å². The van der Waals surface area contributed by atoms with Crippen molar-refractivity contribution >= 4 is 9.84 Å². The number of hydrogen-bond acceptors (Lipinski definition) is 2. The molecular weight excluding hydrogens is 314 g/mol. The molecule has 0 atom stereocenters. The van der Waals surface area contributed by atoms with E-state index in [1.165, 1.54) is 0 Å². The van der Waals surface area contributed by atoms with Crippen LogP contribution in [-0.4, -0.2) is 31.3 Å². The Morgan fingerprint density at radius 3 is 1.28 bits per heavy atom. The molecule has 0 N–H and O–H groups in total. The van der Waals surface area contributed by atoms with Gasteiger partial charge in [-0.2, -0.15) is 43.9 Å². The maximum Gasteiger partial charge on any atom is 0.469 e. The second-order valence-corrected chi connectivity index (χ2v) is 5.06. The molecule has 0 aliphatic heterocycles. The first-order chi connectivity index (χ1) is 7.46. The highest BCUT2D eigenvalue weighted by atomic mass is 32.2. The van der Waals surface area contributed by atoms with Crippen LogP contribution in [0.2, 0.25) is 0 Å². The Morgan fingerprint density at radius 1 is 0.722 bits per heavy atom. The van der Waals surface area contributed by atoms with Gasteiger partial charge in [0.15, 0.2) is 0 Å². The third-order valence-corrected chi connectivity index (χ3v) is 3.30. The van der Waals surface area contributed by atoms with E-state index in [0.29, 0.717) is 0 Å². The summed E-state index contributed by atoms with van der Waals surface area (Å²) in [5.74, 6) is 0. The summed E-state index contributed by atoms with van der Waals surface area (Å²) in [6.45, 7) is 0. The second-order valence-electron chi connectivity index (χ2n) is 2.95. The predicted octanol–water partition coefficient (Wildman–Crippen LogP) is 3.10. The van der Waals surface area contributed by atoms with Crippen LogP contribution >= 0.6 is 0 Å². The number of sulfone groups is 1.